The Kier molecular flexibility index (Phi) is 31.5. The number of rotatable bonds is 0. The molecule has 0 bridgehead atoms. The van der Waals surface area contributed by atoms with E-state index in [0.717, 1.165) is 12.8 Å². The Morgan fingerprint density at radius 2 is 1.41 bits per heavy atom. The van der Waals surface area contributed by atoms with Crippen molar-refractivity contribution in [1.29, 1.82) is 0 Å². The molecule has 0 saturated heterocycles. The topological polar surface area (TPSA) is 0 Å². The first-order chi connectivity index (χ1) is 11.2. The molecule has 2 aromatic rings. The number of benzene rings is 1. The van der Waals surface area contributed by atoms with Crippen LogP contribution in [0.3, 0.4) is 0 Å². The molecule has 2 aliphatic rings. The quantitative estimate of drug-likeness (QED) is 0.192. The average molecular weight is 513 g/mol. The van der Waals surface area contributed by atoms with Crippen LogP contribution in [-0.2, 0) is 43.4 Å². The summed E-state index contributed by atoms with van der Waals surface area (Å²) in [7, 11) is 0. The van der Waals surface area contributed by atoms with Crippen molar-refractivity contribution < 1.29 is 43.4 Å². The maximum Gasteiger partial charge on any atom is 2.00 e. The molecule has 6 heteroatoms. The standard InChI is InChI=1S/C9H7.2C5H5.C2H4Cl2.2ClH.2Ti/c1-2-5-9-7-3-6-8(9)4-1;2*1-2-4-5-3-1;1-2(3)4;;;;/h1-7H;2*1-3H,4H2;2H,1H3;2*1H;;/q3*-1;;;;;+2. The third-order valence-electron chi connectivity index (χ3n) is 2.72. The predicted octanol–water partition coefficient (Wildman–Crippen LogP) is 7.82. The van der Waals surface area contributed by atoms with Gasteiger partial charge in [0, 0.05) is 21.7 Å². The van der Waals surface area contributed by atoms with E-state index in [9.17, 15) is 0 Å². The third kappa shape index (κ3) is 20.9. The zero-order valence-corrected chi connectivity index (χ0v) is 21.3. The van der Waals surface area contributed by atoms with Gasteiger partial charge in [0.25, 0.3) is 0 Å². The van der Waals surface area contributed by atoms with Crippen molar-refractivity contribution in [1.82, 2.24) is 0 Å². The van der Waals surface area contributed by atoms with Crippen LogP contribution in [0, 0.1) is 12.2 Å². The fraction of sp³-hybridized carbons (Fsp3) is 0.190. The maximum absolute atomic E-state index is 5.04. The fourth-order valence-corrected chi connectivity index (χ4v) is 1.75. The molecule has 0 spiro atoms. The molecule has 4 rings (SSSR count). The zero-order chi connectivity index (χ0) is 16.8. The normalized spacial score (nSPS) is 11.3. The second-order valence-electron chi connectivity index (χ2n) is 4.68. The number of fused-ring (bicyclic) bond motifs is 1. The Morgan fingerprint density at radius 1 is 0.926 bits per heavy atom. The van der Waals surface area contributed by atoms with E-state index in [1.165, 1.54) is 10.8 Å². The number of allylic oxidation sites excluding steroid dienone is 8. The summed E-state index contributed by atoms with van der Waals surface area (Å²) in [6.45, 7) is 1.70. The molecule has 0 nitrogen and oxygen atoms in total. The van der Waals surface area contributed by atoms with Gasteiger partial charge in [-0.3, -0.25) is 12.2 Å². The van der Waals surface area contributed by atoms with Crippen molar-refractivity contribution in [2.45, 2.75) is 24.6 Å². The van der Waals surface area contributed by atoms with E-state index < -0.39 is 0 Å². The minimum atomic E-state index is -0.222. The first-order valence-corrected chi connectivity index (χ1v) is 8.39. The summed E-state index contributed by atoms with van der Waals surface area (Å²) in [5.41, 5.74) is 0. The Bertz CT molecular complexity index is 584. The summed E-state index contributed by atoms with van der Waals surface area (Å²) in [6, 6.07) is 14.7. The van der Waals surface area contributed by atoms with Crippen LogP contribution in [0.1, 0.15) is 19.8 Å². The van der Waals surface area contributed by atoms with Crippen LogP contribution in [0.25, 0.3) is 10.8 Å². The molecule has 0 amide bonds. The molecule has 0 unspecified atom stereocenters. The van der Waals surface area contributed by atoms with Gasteiger partial charge < -0.3 is 0 Å². The summed E-state index contributed by atoms with van der Waals surface area (Å²) in [5, 5.41) is 2.66. The molecule has 2 aliphatic carbocycles. The number of hydrogen-bond donors (Lipinski definition) is 0. The van der Waals surface area contributed by atoms with E-state index in [-0.39, 0.29) is 73.1 Å². The fourth-order valence-electron chi connectivity index (χ4n) is 1.75. The average Bonchev–Trinajstić information content (AvgIpc) is 3.31. The summed E-state index contributed by atoms with van der Waals surface area (Å²) in [6.07, 6.45) is 20.0. The minimum absolute atomic E-state index is 0. The van der Waals surface area contributed by atoms with E-state index >= 15 is 0 Å². The van der Waals surface area contributed by atoms with E-state index in [2.05, 4.69) is 66.8 Å². The van der Waals surface area contributed by atoms with Crippen LogP contribution >= 0.6 is 48.0 Å². The van der Waals surface area contributed by atoms with Gasteiger partial charge in [-0.2, -0.15) is 29.7 Å². The van der Waals surface area contributed by atoms with Gasteiger partial charge in [-0.25, -0.2) is 24.3 Å². The Balaban J connectivity index is -0.000000131. The van der Waals surface area contributed by atoms with Crippen LogP contribution in [0.15, 0.2) is 78.9 Å². The van der Waals surface area contributed by atoms with Crippen molar-refractivity contribution in [2.24, 2.45) is 0 Å². The van der Waals surface area contributed by atoms with Crippen LogP contribution in [-0.4, -0.2) is 4.84 Å². The molecular formula is C21H23Cl4Ti2-. The summed E-state index contributed by atoms with van der Waals surface area (Å²) < 4.78 is 0. The van der Waals surface area contributed by atoms with Gasteiger partial charge in [-0.15, -0.1) is 90.5 Å². The van der Waals surface area contributed by atoms with Crippen LogP contribution < -0.4 is 0 Å². The first kappa shape index (κ1) is 34.9. The molecule has 0 aromatic heterocycles. The number of halogens is 4. The van der Waals surface area contributed by atoms with E-state index in [4.69, 9.17) is 23.2 Å². The van der Waals surface area contributed by atoms with E-state index in [0.29, 0.717) is 0 Å². The smallest absolute Gasteiger partial charge is 0.273 e. The van der Waals surface area contributed by atoms with Gasteiger partial charge in [0.15, 0.2) is 0 Å². The van der Waals surface area contributed by atoms with E-state index in [1.54, 1.807) is 6.92 Å². The monoisotopic (exact) mass is 511 g/mol. The molecule has 27 heavy (non-hydrogen) atoms. The van der Waals surface area contributed by atoms with Gasteiger partial charge in [0.1, 0.15) is 4.84 Å². The van der Waals surface area contributed by atoms with Gasteiger partial charge in [0.2, 0.25) is 0 Å². The SMILES string of the molecule is CC(Cl)Cl.Cl.Cl.[C-]1=CC=CC1.[C-]1=CC=CC1.[Ti+2].[Ti].c1ccc2[cH-]ccc2c1. The summed E-state index contributed by atoms with van der Waals surface area (Å²) in [5.74, 6) is 0. The number of hydrogen-bond acceptors (Lipinski definition) is 0. The van der Waals surface area contributed by atoms with Crippen molar-refractivity contribution in [3.63, 3.8) is 0 Å². The molecule has 2 aromatic carbocycles. The molecule has 0 radical (unpaired) electrons. The Labute approximate surface area is 216 Å². The van der Waals surface area contributed by atoms with Crippen molar-refractivity contribution >= 4 is 58.8 Å². The molecule has 0 aliphatic heterocycles. The van der Waals surface area contributed by atoms with Crippen molar-refractivity contribution in [3.05, 3.63) is 91.1 Å². The molecule has 144 valence electrons. The maximum atomic E-state index is 5.04. The number of alkyl halides is 2. The zero-order valence-electron chi connectivity index (χ0n) is 15.1. The van der Waals surface area contributed by atoms with Gasteiger partial charge in [0.05, 0.1) is 0 Å². The first-order valence-electron chi connectivity index (χ1n) is 7.52. The van der Waals surface area contributed by atoms with Crippen molar-refractivity contribution in [2.75, 3.05) is 0 Å². The largest absolute Gasteiger partial charge is 2.00 e. The van der Waals surface area contributed by atoms with Gasteiger partial charge >= 0.3 is 21.7 Å². The molecule has 0 N–H and O–H groups in total. The molecular weight excluding hydrogens is 490 g/mol. The second kappa shape index (κ2) is 24.4. The van der Waals surface area contributed by atoms with Gasteiger partial charge in [-0.05, 0) is 6.92 Å². The summed E-state index contributed by atoms with van der Waals surface area (Å²) in [4.78, 5) is -0.222. The predicted molar refractivity (Wildman–Crippen MR) is 118 cm³/mol. The molecule has 0 heterocycles. The summed E-state index contributed by atoms with van der Waals surface area (Å²) >= 11 is 10.1. The van der Waals surface area contributed by atoms with Crippen LogP contribution in [0.2, 0.25) is 0 Å². The minimum Gasteiger partial charge on any atom is -0.273 e. The molecule has 0 saturated carbocycles. The Morgan fingerprint density at radius 3 is 1.74 bits per heavy atom. The third-order valence-corrected chi connectivity index (χ3v) is 2.72. The van der Waals surface area contributed by atoms with Crippen LogP contribution in [0.5, 0.6) is 0 Å². The molecule has 0 atom stereocenters. The Hall–Kier alpha value is 0.379. The van der Waals surface area contributed by atoms with E-state index in [1.807, 2.05) is 24.3 Å². The molecule has 0 fully saturated rings. The van der Waals surface area contributed by atoms with Crippen molar-refractivity contribution in [3.8, 4) is 0 Å². The van der Waals surface area contributed by atoms with Crippen LogP contribution in [0.4, 0.5) is 0 Å². The second-order valence-corrected chi connectivity index (χ2v) is 6.21. The van der Waals surface area contributed by atoms with Gasteiger partial charge in [-0.1, -0.05) is 6.07 Å².